The van der Waals surface area contributed by atoms with E-state index in [1.807, 2.05) is 0 Å². The van der Waals surface area contributed by atoms with E-state index < -0.39 is 23.0 Å². The molecule has 0 fully saturated rings. The zero-order valence-electron chi connectivity index (χ0n) is 6.77. The third-order valence-corrected chi connectivity index (χ3v) is 1.79. The summed E-state index contributed by atoms with van der Waals surface area (Å²) in [5.41, 5.74) is -0.776. The molecule has 0 saturated carbocycles. The van der Waals surface area contributed by atoms with Crippen LogP contribution in [0.25, 0.3) is 0 Å². The predicted molar refractivity (Wildman–Crippen MR) is 43.5 cm³/mol. The van der Waals surface area contributed by atoms with Crippen LogP contribution in [-0.2, 0) is 6.42 Å². The molecule has 0 aromatic carbocycles. The van der Waals surface area contributed by atoms with Crippen molar-refractivity contribution in [1.29, 1.82) is 5.26 Å². The summed E-state index contributed by atoms with van der Waals surface area (Å²) in [6, 6.07) is 2.25. The molecule has 2 nitrogen and oxygen atoms in total. The standard InChI is InChI=1S/C8H4ClF3N2/c9-7-5(10)3-4(8(11)12)6(14-7)1-2-13/h3,8H,1H2. The summed E-state index contributed by atoms with van der Waals surface area (Å²) in [7, 11) is 0. The predicted octanol–water partition coefficient (Wildman–Crippen LogP) is 2.88. The van der Waals surface area contributed by atoms with Gasteiger partial charge in [-0.15, -0.1) is 0 Å². The summed E-state index contributed by atoms with van der Waals surface area (Å²) >= 11 is 5.29. The lowest BCUT2D eigenvalue weighted by Crippen LogP contribution is -2.00. The summed E-state index contributed by atoms with van der Waals surface area (Å²) in [6.45, 7) is 0. The number of hydrogen-bond acceptors (Lipinski definition) is 2. The average Bonchev–Trinajstić information content (AvgIpc) is 2.11. The second-order valence-electron chi connectivity index (χ2n) is 2.43. The Morgan fingerprint density at radius 2 is 2.21 bits per heavy atom. The number of halogens is 4. The van der Waals surface area contributed by atoms with Crippen molar-refractivity contribution in [3.63, 3.8) is 0 Å². The Labute approximate surface area is 82.9 Å². The van der Waals surface area contributed by atoms with Gasteiger partial charge in [0.25, 0.3) is 6.43 Å². The van der Waals surface area contributed by atoms with Crippen LogP contribution in [0.5, 0.6) is 0 Å². The van der Waals surface area contributed by atoms with Gasteiger partial charge in [0.05, 0.1) is 18.2 Å². The van der Waals surface area contributed by atoms with Crippen molar-refractivity contribution in [3.05, 3.63) is 28.3 Å². The molecule has 0 unspecified atom stereocenters. The molecule has 0 bridgehead atoms. The minimum absolute atomic E-state index is 0.186. The van der Waals surface area contributed by atoms with Gasteiger partial charge in [0.2, 0.25) is 0 Å². The lowest BCUT2D eigenvalue weighted by Gasteiger charge is -2.05. The average molecular weight is 221 g/mol. The highest BCUT2D eigenvalue weighted by atomic mass is 35.5. The molecule has 0 radical (unpaired) electrons. The number of nitriles is 1. The van der Waals surface area contributed by atoms with E-state index in [1.165, 1.54) is 0 Å². The first-order chi connectivity index (χ1) is 6.56. The number of alkyl halides is 2. The molecule has 0 aliphatic rings. The van der Waals surface area contributed by atoms with Crippen LogP contribution in [0.15, 0.2) is 6.07 Å². The van der Waals surface area contributed by atoms with Crippen molar-refractivity contribution < 1.29 is 13.2 Å². The Kier molecular flexibility index (Phi) is 3.31. The second-order valence-corrected chi connectivity index (χ2v) is 2.79. The van der Waals surface area contributed by atoms with Gasteiger partial charge in [-0.25, -0.2) is 18.2 Å². The maximum atomic E-state index is 12.7. The summed E-state index contributed by atoms with van der Waals surface area (Å²) in [5, 5.41) is 7.81. The van der Waals surface area contributed by atoms with E-state index in [0.29, 0.717) is 6.07 Å². The molecule has 74 valence electrons. The first kappa shape index (κ1) is 10.8. The van der Waals surface area contributed by atoms with E-state index in [2.05, 4.69) is 4.98 Å². The van der Waals surface area contributed by atoms with Gasteiger partial charge in [0, 0.05) is 5.56 Å². The molecule has 14 heavy (non-hydrogen) atoms. The Balaban J connectivity index is 3.25. The smallest absolute Gasteiger partial charge is 0.236 e. The fourth-order valence-corrected chi connectivity index (χ4v) is 1.08. The molecule has 0 aliphatic heterocycles. The number of nitrogens with zero attached hydrogens (tertiary/aromatic N) is 2. The van der Waals surface area contributed by atoms with E-state index in [0.717, 1.165) is 0 Å². The van der Waals surface area contributed by atoms with Gasteiger partial charge in [-0.3, -0.25) is 0 Å². The lowest BCUT2D eigenvalue weighted by atomic mass is 10.1. The largest absolute Gasteiger partial charge is 0.265 e. The fourth-order valence-electron chi connectivity index (χ4n) is 0.921. The first-order valence-corrected chi connectivity index (χ1v) is 3.94. The lowest BCUT2D eigenvalue weighted by molar-refractivity contribution is 0.149. The highest BCUT2D eigenvalue weighted by Crippen LogP contribution is 2.25. The van der Waals surface area contributed by atoms with Gasteiger partial charge in [0.1, 0.15) is 0 Å². The molecule has 0 aliphatic carbocycles. The van der Waals surface area contributed by atoms with E-state index in [1.54, 1.807) is 6.07 Å². The van der Waals surface area contributed by atoms with Crippen molar-refractivity contribution in [1.82, 2.24) is 4.98 Å². The first-order valence-electron chi connectivity index (χ1n) is 3.56. The number of rotatable bonds is 2. The van der Waals surface area contributed by atoms with Crippen LogP contribution in [0.2, 0.25) is 5.15 Å². The third kappa shape index (κ3) is 2.15. The topological polar surface area (TPSA) is 36.7 Å². The zero-order chi connectivity index (χ0) is 10.7. The Morgan fingerprint density at radius 1 is 1.57 bits per heavy atom. The summed E-state index contributed by atoms with van der Waals surface area (Å²) in [5.74, 6) is -1.01. The molecule has 1 rings (SSSR count). The molecule has 1 aromatic rings. The van der Waals surface area contributed by atoms with Crippen LogP contribution >= 0.6 is 11.6 Å². The minimum atomic E-state index is -2.86. The number of aromatic nitrogens is 1. The normalized spacial score (nSPS) is 10.3. The maximum absolute atomic E-state index is 12.7. The van der Waals surface area contributed by atoms with Gasteiger partial charge in [-0.1, -0.05) is 11.6 Å². The molecule has 0 saturated heterocycles. The number of hydrogen-bond donors (Lipinski definition) is 0. The van der Waals surface area contributed by atoms with E-state index in [4.69, 9.17) is 16.9 Å². The monoisotopic (exact) mass is 220 g/mol. The SMILES string of the molecule is N#CCc1nc(Cl)c(F)cc1C(F)F. The maximum Gasteiger partial charge on any atom is 0.265 e. The van der Waals surface area contributed by atoms with Crippen LogP contribution < -0.4 is 0 Å². The third-order valence-electron chi connectivity index (χ3n) is 1.53. The van der Waals surface area contributed by atoms with E-state index in [-0.39, 0.29) is 12.1 Å². The van der Waals surface area contributed by atoms with Crippen molar-refractivity contribution in [2.75, 3.05) is 0 Å². The quantitative estimate of drug-likeness (QED) is 0.719. The molecule has 0 N–H and O–H groups in total. The Hall–Kier alpha value is -1.28. The van der Waals surface area contributed by atoms with Gasteiger partial charge in [-0.2, -0.15) is 5.26 Å². The van der Waals surface area contributed by atoms with Crippen LogP contribution in [0, 0.1) is 17.1 Å². The molecule has 0 spiro atoms. The van der Waals surface area contributed by atoms with Crippen LogP contribution in [0.3, 0.4) is 0 Å². The van der Waals surface area contributed by atoms with Crippen molar-refractivity contribution in [3.8, 4) is 6.07 Å². The van der Waals surface area contributed by atoms with Crippen molar-refractivity contribution in [2.45, 2.75) is 12.8 Å². The highest BCUT2D eigenvalue weighted by Gasteiger charge is 2.17. The molecule has 1 aromatic heterocycles. The molecule has 1 heterocycles. The van der Waals surface area contributed by atoms with Crippen molar-refractivity contribution in [2.24, 2.45) is 0 Å². The molecular formula is C8H4ClF3N2. The van der Waals surface area contributed by atoms with Crippen molar-refractivity contribution >= 4 is 11.6 Å². The van der Waals surface area contributed by atoms with Gasteiger partial charge >= 0.3 is 0 Å². The van der Waals surface area contributed by atoms with Gasteiger partial charge < -0.3 is 0 Å². The van der Waals surface area contributed by atoms with Crippen LogP contribution in [0.4, 0.5) is 13.2 Å². The zero-order valence-corrected chi connectivity index (χ0v) is 7.52. The highest BCUT2D eigenvalue weighted by molar-refractivity contribution is 6.29. The van der Waals surface area contributed by atoms with E-state index in [9.17, 15) is 13.2 Å². The fraction of sp³-hybridized carbons (Fsp3) is 0.250. The molecule has 6 heteroatoms. The Bertz CT molecular complexity index is 387. The number of pyridine rings is 1. The van der Waals surface area contributed by atoms with Crippen LogP contribution in [0.1, 0.15) is 17.7 Å². The van der Waals surface area contributed by atoms with Crippen LogP contribution in [-0.4, -0.2) is 4.98 Å². The minimum Gasteiger partial charge on any atom is -0.236 e. The Morgan fingerprint density at radius 3 is 2.71 bits per heavy atom. The van der Waals surface area contributed by atoms with Gasteiger partial charge in [0.15, 0.2) is 11.0 Å². The van der Waals surface area contributed by atoms with Gasteiger partial charge in [-0.05, 0) is 6.07 Å². The second kappa shape index (κ2) is 4.29. The molecule has 0 amide bonds. The molecular weight excluding hydrogens is 217 g/mol. The summed E-state index contributed by atoms with van der Waals surface area (Å²) in [4.78, 5) is 3.37. The summed E-state index contributed by atoms with van der Waals surface area (Å²) in [6.07, 6.45) is -3.18. The van der Waals surface area contributed by atoms with E-state index >= 15 is 0 Å². The summed E-state index contributed by atoms with van der Waals surface area (Å²) < 4.78 is 37.4. The molecule has 0 atom stereocenters.